The molecule has 0 aliphatic carbocycles. The predicted molar refractivity (Wildman–Crippen MR) is 117 cm³/mol. The number of phenolic OH excluding ortho intramolecular Hbond substituents is 1. The summed E-state index contributed by atoms with van der Waals surface area (Å²) in [6, 6.07) is 4.46. The van der Waals surface area contributed by atoms with Gasteiger partial charge in [0, 0.05) is 0 Å². The zero-order valence-electron chi connectivity index (χ0n) is 18.3. The summed E-state index contributed by atoms with van der Waals surface area (Å²) < 4.78 is 15.6. The molecule has 0 spiro atoms. The third-order valence-electron chi connectivity index (χ3n) is 5.28. The molecule has 2 unspecified atom stereocenters. The van der Waals surface area contributed by atoms with Crippen molar-refractivity contribution in [3.63, 3.8) is 0 Å². The molecule has 172 valence electrons. The fourth-order valence-corrected chi connectivity index (χ4v) is 4.80. The van der Waals surface area contributed by atoms with Crippen LogP contribution in [-0.2, 0) is 23.9 Å². The van der Waals surface area contributed by atoms with Gasteiger partial charge < -0.3 is 25.1 Å². The number of benzene rings is 1. The molecule has 2 heterocycles. The maximum Gasteiger partial charge on any atom is 0.338 e. The summed E-state index contributed by atoms with van der Waals surface area (Å²) in [6.45, 7) is 3.82. The second-order valence-corrected chi connectivity index (χ2v) is 8.63. The average molecular weight is 463 g/mol. The first-order valence-corrected chi connectivity index (χ1v) is 11.0. The second-order valence-electron chi connectivity index (χ2n) is 7.30. The first-order valence-electron chi connectivity index (χ1n) is 10.1. The van der Waals surface area contributed by atoms with E-state index in [-0.39, 0.29) is 41.0 Å². The molecule has 1 fully saturated rings. The van der Waals surface area contributed by atoms with Crippen LogP contribution in [0.5, 0.6) is 11.5 Å². The lowest BCUT2D eigenvalue weighted by atomic mass is 9.82. The van der Waals surface area contributed by atoms with Gasteiger partial charge in [-0.1, -0.05) is 31.2 Å². The average Bonchev–Trinajstić information content (AvgIpc) is 3.07. The van der Waals surface area contributed by atoms with Crippen LogP contribution < -0.4 is 10.5 Å². The molecular formula is C22H26N2O7S. The van der Waals surface area contributed by atoms with E-state index in [2.05, 4.69) is 0 Å². The van der Waals surface area contributed by atoms with Crippen molar-refractivity contribution in [2.75, 3.05) is 20.8 Å². The number of fused-ring (bicyclic) bond motifs is 1. The molecule has 3 N–H and O–H groups in total. The second kappa shape index (κ2) is 9.56. The van der Waals surface area contributed by atoms with E-state index >= 15 is 0 Å². The quantitative estimate of drug-likeness (QED) is 0.463. The zero-order chi connectivity index (χ0) is 23.6. The number of rotatable bonds is 7. The van der Waals surface area contributed by atoms with Crippen LogP contribution in [0.2, 0.25) is 0 Å². The molecule has 0 bridgehead atoms. The number of nitrogens with zero attached hydrogens (tertiary/aromatic N) is 1. The molecule has 32 heavy (non-hydrogen) atoms. The highest BCUT2D eigenvalue weighted by Crippen LogP contribution is 2.50. The van der Waals surface area contributed by atoms with Crippen molar-refractivity contribution >= 4 is 29.6 Å². The zero-order valence-corrected chi connectivity index (χ0v) is 19.2. The van der Waals surface area contributed by atoms with Crippen molar-refractivity contribution in [2.45, 2.75) is 37.9 Å². The number of hydrogen-bond acceptors (Lipinski definition) is 9. The Morgan fingerprint density at radius 1 is 1.22 bits per heavy atom. The Labute approximate surface area is 190 Å². The molecule has 9 nitrogen and oxygen atoms in total. The van der Waals surface area contributed by atoms with E-state index < -0.39 is 23.1 Å². The number of methoxy groups -OCH3 is 2. The van der Waals surface area contributed by atoms with Gasteiger partial charge in [0.05, 0.1) is 48.2 Å². The van der Waals surface area contributed by atoms with Gasteiger partial charge in [0.25, 0.3) is 0 Å². The van der Waals surface area contributed by atoms with Gasteiger partial charge in [0.15, 0.2) is 11.5 Å². The summed E-state index contributed by atoms with van der Waals surface area (Å²) in [5.41, 5.74) is 6.86. The summed E-state index contributed by atoms with van der Waals surface area (Å²) >= 11 is 1.17. The van der Waals surface area contributed by atoms with Gasteiger partial charge in [-0.3, -0.25) is 9.69 Å². The maximum absolute atomic E-state index is 13.2. The largest absolute Gasteiger partial charge is 0.504 e. The van der Waals surface area contributed by atoms with Gasteiger partial charge in [0.1, 0.15) is 5.82 Å². The normalized spacial score (nSPS) is 20.4. The van der Waals surface area contributed by atoms with Crippen molar-refractivity contribution in [1.82, 2.24) is 4.90 Å². The lowest BCUT2D eigenvalue weighted by Crippen LogP contribution is -2.40. The van der Waals surface area contributed by atoms with Crippen LogP contribution in [0.15, 0.2) is 40.2 Å². The van der Waals surface area contributed by atoms with E-state index in [0.29, 0.717) is 17.0 Å². The van der Waals surface area contributed by atoms with Crippen LogP contribution in [0.1, 0.15) is 38.2 Å². The molecule has 1 aromatic rings. The molecule has 3 rings (SSSR count). The first kappa shape index (κ1) is 23.5. The molecule has 2 atom stereocenters. The molecule has 2 aliphatic heterocycles. The number of esters is 2. The third-order valence-corrected chi connectivity index (χ3v) is 6.46. The predicted octanol–water partition coefficient (Wildman–Crippen LogP) is 2.36. The van der Waals surface area contributed by atoms with Gasteiger partial charge in [-0.25, -0.2) is 9.59 Å². The Morgan fingerprint density at radius 2 is 1.94 bits per heavy atom. The first-order chi connectivity index (χ1) is 15.3. The highest BCUT2D eigenvalue weighted by molar-refractivity contribution is 8.04. The van der Waals surface area contributed by atoms with Crippen molar-refractivity contribution in [2.24, 2.45) is 5.73 Å². The minimum absolute atomic E-state index is 0.0407. The van der Waals surface area contributed by atoms with E-state index in [1.54, 1.807) is 13.0 Å². The lowest BCUT2D eigenvalue weighted by molar-refractivity contribution is -0.139. The van der Waals surface area contributed by atoms with Crippen LogP contribution >= 0.6 is 11.8 Å². The van der Waals surface area contributed by atoms with Gasteiger partial charge in [0.2, 0.25) is 5.91 Å². The number of thioether (sulfide) groups is 1. The van der Waals surface area contributed by atoms with Crippen molar-refractivity contribution < 1.29 is 33.7 Å². The summed E-state index contributed by atoms with van der Waals surface area (Å²) in [4.78, 5) is 40.1. The fourth-order valence-electron chi connectivity index (χ4n) is 3.63. The van der Waals surface area contributed by atoms with Crippen LogP contribution in [-0.4, -0.2) is 53.9 Å². The Morgan fingerprint density at radius 3 is 2.56 bits per heavy atom. The monoisotopic (exact) mass is 462 g/mol. The molecule has 0 saturated carbocycles. The number of hydrogen-bond donors (Lipinski definition) is 2. The Balaban J connectivity index is 2.25. The Bertz CT molecular complexity index is 1020. The molecule has 1 amide bonds. The van der Waals surface area contributed by atoms with Crippen molar-refractivity contribution in [1.29, 1.82) is 0 Å². The fraction of sp³-hybridized carbons (Fsp3) is 0.409. The minimum atomic E-state index is -0.983. The number of aromatic hydroxyl groups is 1. The molecule has 10 heteroatoms. The van der Waals surface area contributed by atoms with E-state index in [4.69, 9.17) is 19.9 Å². The molecule has 2 aliphatic rings. The highest BCUT2D eigenvalue weighted by atomic mass is 32.2. The molecular weight excluding hydrogens is 436 g/mol. The number of nitrogens with two attached hydrogens (primary N) is 1. The molecule has 0 aromatic heterocycles. The van der Waals surface area contributed by atoms with Gasteiger partial charge >= 0.3 is 11.9 Å². The number of unbranched alkanes of at least 4 members (excludes halogenated alkanes) is 1. The van der Waals surface area contributed by atoms with Gasteiger partial charge in [-0.2, -0.15) is 0 Å². The number of amides is 1. The SMILES string of the molecule is CCCCOC(=O)C1=C(N)N2C(=O)C(C)SC2=C(C(=O)OC)C1c1ccc(O)c(OC)c1. The standard InChI is InChI=1S/C22H26N2O7S/c1-5-6-9-31-22(28)16-15(12-7-8-13(25)14(10-12)29-3)17(21(27)30-4)20-24(18(16)23)19(26)11(2)32-20/h7-8,10-11,15,25H,5-6,9,23H2,1-4H3. The van der Waals surface area contributed by atoms with Crippen LogP contribution in [0.4, 0.5) is 0 Å². The topological polar surface area (TPSA) is 128 Å². The van der Waals surface area contributed by atoms with Crippen LogP contribution in [0, 0.1) is 0 Å². The maximum atomic E-state index is 13.2. The number of carbonyl (C=O) groups is 3. The van der Waals surface area contributed by atoms with E-state index in [1.165, 1.54) is 43.0 Å². The Hall–Kier alpha value is -3.14. The summed E-state index contributed by atoms with van der Waals surface area (Å²) in [5, 5.41) is 9.84. The lowest BCUT2D eigenvalue weighted by Gasteiger charge is -2.33. The highest BCUT2D eigenvalue weighted by Gasteiger charge is 2.49. The van der Waals surface area contributed by atoms with E-state index in [9.17, 15) is 19.5 Å². The van der Waals surface area contributed by atoms with Crippen molar-refractivity contribution in [3.05, 3.63) is 45.8 Å². The number of carbonyl (C=O) groups excluding carboxylic acids is 3. The molecule has 0 radical (unpaired) electrons. The summed E-state index contributed by atoms with van der Waals surface area (Å²) in [5.74, 6) is -2.81. The van der Waals surface area contributed by atoms with Crippen molar-refractivity contribution in [3.8, 4) is 11.5 Å². The number of phenols is 1. The van der Waals surface area contributed by atoms with Gasteiger partial charge in [-0.15, -0.1) is 0 Å². The van der Waals surface area contributed by atoms with E-state index in [1.807, 2.05) is 6.92 Å². The number of ether oxygens (including phenoxy) is 3. The summed E-state index contributed by atoms with van der Waals surface area (Å²) in [7, 11) is 2.61. The smallest absolute Gasteiger partial charge is 0.338 e. The molecule has 1 saturated heterocycles. The third kappa shape index (κ3) is 4.02. The molecule has 1 aromatic carbocycles. The summed E-state index contributed by atoms with van der Waals surface area (Å²) in [6.07, 6.45) is 1.47. The van der Waals surface area contributed by atoms with E-state index in [0.717, 1.165) is 6.42 Å². The van der Waals surface area contributed by atoms with Crippen LogP contribution in [0.3, 0.4) is 0 Å². The van der Waals surface area contributed by atoms with Gasteiger partial charge in [-0.05, 0) is 31.0 Å². The minimum Gasteiger partial charge on any atom is -0.504 e. The van der Waals surface area contributed by atoms with Crippen LogP contribution in [0.25, 0.3) is 0 Å². The Kier molecular flexibility index (Phi) is 7.02.